The van der Waals surface area contributed by atoms with Crippen LogP contribution in [0.2, 0.25) is 5.02 Å². The van der Waals surface area contributed by atoms with Crippen LogP contribution in [0.25, 0.3) is 22.1 Å². The lowest BCUT2D eigenvalue weighted by atomic mass is 9.96. The Kier molecular flexibility index (Phi) is 5.42. The quantitative estimate of drug-likeness (QED) is 0.283. The van der Waals surface area contributed by atoms with Gasteiger partial charge in [0.25, 0.3) is 0 Å². The van der Waals surface area contributed by atoms with Gasteiger partial charge in [0.05, 0.1) is 6.10 Å². The average Bonchev–Trinajstić information content (AvgIpc) is 2.61. The summed E-state index contributed by atoms with van der Waals surface area (Å²) >= 11 is 6.27. The van der Waals surface area contributed by atoms with Crippen LogP contribution in [-0.2, 0) is 14.3 Å². The fraction of sp³-hybridized carbons (Fsp3) is 0.190. The summed E-state index contributed by atoms with van der Waals surface area (Å²) in [6, 6.07) is 13.4. The molecule has 0 saturated heterocycles. The lowest BCUT2D eigenvalue weighted by Crippen LogP contribution is -2.20. The van der Waals surface area contributed by atoms with Crippen LogP contribution in [0, 0.1) is 0 Å². The van der Waals surface area contributed by atoms with Gasteiger partial charge in [-0.2, -0.15) is 0 Å². The number of aldehydes is 1. The molecular weight excluding hydrogens is 368 g/mol. The summed E-state index contributed by atoms with van der Waals surface area (Å²) < 4.78 is 10.4. The van der Waals surface area contributed by atoms with Crippen LogP contribution in [0.3, 0.4) is 0 Å². The summed E-state index contributed by atoms with van der Waals surface area (Å²) in [5.41, 5.74) is 1.41. The Morgan fingerprint density at radius 2 is 1.85 bits per heavy atom. The second-order valence-corrected chi connectivity index (χ2v) is 6.72. The highest BCUT2D eigenvalue weighted by atomic mass is 35.5. The molecule has 5 nitrogen and oxygen atoms in total. The van der Waals surface area contributed by atoms with Crippen molar-refractivity contribution in [3.63, 3.8) is 0 Å². The molecule has 1 atom stereocenters. The molecule has 27 heavy (non-hydrogen) atoms. The Morgan fingerprint density at radius 1 is 1.11 bits per heavy atom. The third-order valence-electron chi connectivity index (χ3n) is 4.03. The number of esters is 1. The van der Waals surface area contributed by atoms with Crippen molar-refractivity contribution in [1.82, 2.24) is 0 Å². The molecule has 6 heteroatoms. The molecule has 0 fully saturated rings. The predicted molar refractivity (Wildman–Crippen MR) is 103 cm³/mol. The Labute approximate surface area is 160 Å². The Balaban J connectivity index is 2.14. The number of rotatable bonds is 5. The van der Waals surface area contributed by atoms with Crippen molar-refractivity contribution in [2.45, 2.75) is 25.9 Å². The first-order valence-corrected chi connectivity index (χ1v) is 8.77. The van der Waals surface area contributed by atoms with Gasteiger partial charge in [-0.15, -0.1) is 0 Å². The van der Waals surface area contributed by atoms with E-state index in [1.165, 1.54) is 12.1 Å². The SMILES string of the molecule is CC(C)OC(=O)C(C=O)c1ccc2c(-c3ccccc3Cl)cc(=O)oc2c1. The first kappa shape index (κ1) is 18.9. The first-order valence-electron chi connectivity index (χ1n) is 8.39. The van der Waals surface area contributed by atoms with E-state index >= 15 is 0 Å². The second kappa shape index (κ2) is 7.76. The van der Waals surface area contributed by atoms with Gasteiger partial charge in [0.2, 0.25) is 0 Å². The lowest BCUT2D eigenvalue weighted by Gasteiger charge is -2.14. The molecule has 2 aromatic carbocycles. The summed E-state index contributed by atoms with van der Waals surface area (Å²) in [5.74, 6) is -1.74. The molecule has 1 aromatic heterocycles. The predicted octanol–water partition coefficient (Wildman–Crippen LogP) is 4.35. The van der Waals surface area contributed by atoms with E-state index < -0.39 is 17.5 Å². The zero-order chi connectivity index (χ0) is 19.6. The molecular formula is C21H17ClO5. The maximum absolute atomic E-state index is 12.2. The summed E-state index contributed by atoms with van der Waals surface area (Å²) in [6.45, 7) is 3.41. The number of carbonyl (C=O) groups excluding carboxylic acids is 2. The van der Waals surface area contributed by atoms with Gasteiger partial charge in [0, 0.05) is 27.6 Å². The minimum atomic E-state index is -1.09. The van der Waals surface area contributed by atoms with E-state index in [0.717, 1.165) is 0 Å². The Bertz CT molecular complexity index is 1070. The van der Waals surface area contributed by atoms with Gasteiger partial charge in [-0.25, -0.2) is 4.79 Å². The fourth-order valence-electron chi connectivity index (χ4n) is 2.85. The molecule has 0 spiro atoms. The van der Waals surface area contributed by atoms with E-state index in [9.17, 15) is 14.4 Å². The van der Waals surface area contributed by atoms with E-state index in [4.69, 9.17) is 20.8 Å². The molecule has 1 unspecified atom stereocenters. The summed E-state index contributed by atoms with van der Waals surface area (Å²) in [7, 11) is 0. The molecule has 0 aliphatic carbocycles. The van der Waals surface area contributed by atoms with E-state index in [-0.39, 0.29) is 11.7 Å². The molecule has 0 aliphatic rings. The number of benzene rings is 2. The number of hydrogen-bond acceptors (Lipinski definition) is 5. The van der Waals surface area contributed by atoms with Crippen molar-refractivity contribution >= 4 is 34.8 Å². The standard InChI is InChI=1S/C21H17ClO5/c1-12(2)26-21(25)17(11-23)13-7-8-15-16(10-20(24)27-19(15)9-13)14-5-3-4-6-18(14)22/h3-12,17H,1-2H3. The van der Waals surface area contributed by atoms with E-state index in [1.807, 2.05) is 6.07 Å². The normalized spacial score (nSPS) is 12.1. The molecule has 0 N–H and O–H groups in total. The van der Waals surface area contributed by atoms with Crippen LogP contribution in [0.15, 0.2) is 57.7 Å². The maximum Gasteiger partial charge on any atom is 0.336 e. The van der Waals surface area contributed by atoms with Gasteiger partial charge in [-0.1, -0.05) is 41.9 Å². The molecule has 0 amide bonds. The third kappa shape index (κ3) is 3.93. The highest BCUT2D eigenvalue weighted by Crippen LogP contribution is 2.33. The summed E-state index contributed by atoms with van der Waals surface area (Å²) in [5, 5.41) is 1.15. The van der Waals surface area contributed by atoms with Gasteiger partial charge in [0.15, 0.2) is 0 Å². The van der Waals surface area contributed by atoms with Gasteiger partial charge >= 0.3 is 11.6 Å². The molecule has 0 radical (unpaired) electrons. The molecule has 0 aliphatic heterocycles. The molecule has 138 valence electrons. The molecule has 1 heterocycles. The first-order chi connectivity index (χ1) is 12.9. The van der Waals surface area contributed by atoms with Crippen molar-refractivity contribution in [2.75, 3.05) is 0 Å². The monoisotopic (exact) mass is 384 g/mol. The maximum atomic E-state index is 12.2. The zero-order valence-corrected chi connectivity index (χ0v) is 15.5. The highest BCUT2D eigenvalue weighted by Gasteiger charge is 2.23. The van der Waals surface area contributed by atoms with Crippen LogP contribution in [-0.4, -0.2) is 18.4 Å². The van der Waals surface area contributed by atoms with Gasteiger partial charge in [0.1, 0.15) is 17.8 Å². The minimum Gasteiger partial charge on any atom is -0.462 e. The number of fused-ring (bicyclic) bond motifs is 1. The van der Waals surface area contributed by atoms with Gasteiger partial charge in [-0.3, -0.25) is 4.79 Å². The van der Waals surface area contributed by atoms with Crippen LogP contribution >= 0.6 is 11.6 Å². The average molecular weight is 385 g/mol. The van der Waals surface area contributed by atoms with Crippen molar-refractivity contribution in [2.24, 2.45) is 0 Å². The topological polar surface area (TPSA) is 73.6 Å². The van der Waals surface area contributed by atoms with Crippen molar-refractivity contribution in [3.8, 4) is 11.1 Å². The van der Waals surface area contributed by atoms with E-state index in [2.05, 4.69) is 0 Å². The van der Waals surface area contributed by atoms with Crippen LogP contribution in [0.5, 0.6) is 0 Å². The number of ether oxygens (including phenoxy) is 1. The van der Waals surface area contributed by atoms with Crippen molar-refractivity contribution in [1.29, 1.82) is 0 Å². The molecule has 3 rings (SSSR count). The Morgan fingerprint density at radius 3 is 2.52 bits per heavy atom. The van der Waals surface area contributed by atoms with Crippen LogP contribution in [0.1, 0.15) is 25.3 Å². The summed E-state index contributed by atoms with van der Waals surface area (Å²) in [6.07, 6.45) is 0.173. The molecule has 3 aromatic rings. The molecule has 0 saturated carbocycles. The number of carbonyl (C=O) groups is 2. The second-order valence-electron chi connectivity index (χ2n) is 6.31. The zero-order valence-electron chi connectivity index (χ0n) is 14.8. The van der Waals surface area contributed by atoms with Gasteiger partial charge in [-0.05, 0) is 31.5 Å². The smallest absolute Gasteiger partial charge is 0.336 e. The highest BCUT2D eigenvalue weighted by molar-refractivity contribution is 6.33. The van der Waals surface area contributed by atoms with Crippen molar-refractivity contribution in [3.05, 3.63) is 69.5 Å². The van der Waals surface area contributed by atoms with Crippen LogP contribution < -0.4 is 5.63 Å². The lowest BCUT2D eigenvalue weighted by molar-refractivity contribution is -0.150. The Hall–Kier alpha value is -2.92. The van der Waals surface area contributed by atoms with Crippen molar-refractivity contribution < 1.29 is 18.7 Å². The van der Waals surface area contributed by atoms with E-state index in [0.29, 0.717) is 33.4 Å². The van der Waals surface area contributed by atoms with E-state index in [1.54, 1.807) is 44.2 Å². The van der Waals surface area contributed by atoms with Gasteiger partial charge < -0.3 is 13.9 Å². The number of hydrogen-bond donors (Lipinski definition) is 0. The minimum absolute atomic E-state index is 0.263. The largest absolute Gasteiger partial charge is 0.462 e. The van der Waals surface area contributed by atoms with Crippen LogP contribution in [0.4, 0.5) is 0 Å². The third-order valence-corrected chi connectivity index (χ3v) is 4.36. The molecule has 0 bridgehead atoms. The number of halogens is 1. The summed E-state index contributed by atoms with van der Waals surface area (Å²) in [4.78, 5) is 35.7. The fourth-order valence-corrected chi connectivity index (χ4v) is 3.09.